The number of benzene rings is 5. The van der Waals surface area contributed by atoms with E-state index in [2.05, 4.69) is 102 Å². The molecule has 0 aliphatic rings. The zero-order chi connectivity index (χ0) is 21.9. The largest absolute Gasteiger partial charge is 0.385 e. The van der Waals surface area contributed by atoms with Crippen LogP contribution in [0.1, 0.15) is 24.0 Å². The molecule has 5 aromatic rings. The van der Waals surface area contributed by atoms with Crippen molar-refractivity contribution in [3.8, 4) is 0 Å². The third kappa shape index (κ3) is 4.00. The van der Waals surface area contributed by atoms with Gasteiger partial charge in [0, 0.05) is 24.2 Å². The number of hydrazone groups is 1. The van der Waals surface area contributed by atoms with E-state index >= 15 is 0 Å². The summed E-state index contributed by atoms with van der Waals surface area (Å²) < 4.78 is 0. The molecule has 0 atom stereocenters. The van der Waals surface area contributed by atoms with Gasteiger partial charge in [-0.1, -0.05) is 72.3 Å². The number of nitrogens with one attached hydrogen (secondary N) is 2. The van der Waals surface area contributed by atoms with Crippen molar-refractivity contribution >= 4 is 50.1 Å². The van der Waals surface area contributed by atoms with Gasteiger partial charge in [0.15, 0.2) is 0 Å². The van der Waals surface area contributed by atoms with Crippen LogP contribution in [-0.2, 0) is 4.79 Å². The molecule has 4 nitrogen and oxygen atoms in total. The van der Waals surface area contributed by atoms with E-state index in [1.165, 1.54) is 32.5 Å². The maximum atomic E-state index is 12.2. The highest BCUT2D eigenvalue weighted by molar-refractivity contribution is 6.25. The molecule has 2 N–H and O–H groups in total. The van der Waals surface area contributed by atoms with Gasteiger partial charge in [-0.3, -0.25) is 4.79 Å². The number of rotatable bonds is 7. The number of aryl methyl sites for hydroxylation is 1. The molecular weight excluding hydrogens is 394 g/mol. The highest BCUT2D eigenvalue weighted by atomic mass is 16.2. The molecule has 0 radical (unpaired) electrons. The first kappa shape index (κ1) is 20.0. The topological polar surface area (TPSA) is 53.5 Å². The van der Waals surface area contributed by atoms with Crippen molar-refractivity contribution in [1.29, 1.82) is 0 Å². The summed E-state index contributed by atoms with van der Waals surface area (Å²) in [5.41, 5.74) is 5.97. The first-order valence-electron chi connectivity index (χ1n) is 11.0. The minimum Gasteiger partial charge on any atom is -0.385 e. The summed E-state index contributed by atoms with van der Waals surface area (Å²) in [6.45, 7) is 2.81. The Kier molecular flexibility index (Phi) is 5.42. The average Bonchev–Trinajstić information content (AvgIpc) is 2.82. The predicted molar refractivity (Wildman–Crippen MR) is 135 cm³/mol. The molecule has 0 saturated heterocycles. The molecule has 0 unspecified atom stereocenters. The van der Waals surface area contributed by atoms with E-state index in [0.717, 1.165) is 29.6 Å². The third-order valence-electron chi connectivity index (χ3n) is 5.92. The Morgan fingerprint density at radius 1 is 0.844 bits per heavy atom. The Morgan fingerprint density at radius 2 is 1.53 bits per heavy atom. The Balaban J connectivity index is 1.24. The molecular formula is C28H25N3O. The number of nitrogens with zero attached hydrogens (tertiary/aromatic N) is 1. The van der Waals surface area contributed by atoms with Crippen LogP contribution in [0.25, 0.3) is 32.3 Å². The fraction of sp³-hybridized carbons (Fsp3) is 0.143. The smallest absolute Gasteiger partial charge is 0.240 e. The SMILES string of the molecule is Cc1ccc(NCCCC(=O)N/N=C\c2ccc3ccc4cccc5ccc2c3c45)cc1. The Labute approximate surface area is 187 Å². The molecule has 0 saturated carbocycles. The Hall–Kier alpha value is -3.92. The molecule has 0 aliphatic carbocycles. The summed E-state index contributed by atoms with van der Waals surface area (Å²) in [6.07, 6.45) is 2.91. The van der Waals surface area contributed by atoms with E-state index in [-0.39, 0.29) is 5.91 Å². The summed E-state index contributed by atoms with van der Waals surface area (Å²) in [7, 11) is 0. The van der Waals surface area contributed by atoms with Crippen molar-refractivity contribution in [2.75, 3.05) is 11.9 Å². The van der Waals surface area contributed by atoms with E-state index in [0.29, 0.717) is 6.42 Å². The molecule has 0 spiro atoms. The van der Waals surface area contributed by atoms with Crippen LogP contribution >= 0.6 is 0 Å². The van der Waals surface area contributed by atoms with Gasteiger partial charge in [0.1, 0.15) is 0 Å². The number of carbonyl (C=O) groups excluding carboxylic acids is 1. The van der Waals surface area contributed by atoms with Crippen LogP contribution in [0.5, 0.6) is 0 Å². The van der Waals surface area contributed by atoms with Crippen molar-refractivity contribution in [3.63, 3.8) is 0 Å². The quantitative estimate of drug-likeness (QED) is 0.142. The maximum absolute atomic E-state index is 12.2. The van der Waals surface area contributed by atoms with Crippen LogP contribution in [-0.4, -0.2) is 18.7 Å². The zero-order valence-corrected chi connectivity index (χ0v) is 18.1. The first-order valence-corrected chi connectivity index (χ1v) is 11.0. The zero-order valence-electron chi connectivity index (χ0n) is 18.1. The minimum atomic E-state index is -0.0790. The second-order valence-corrected chi connectivity index (χ2v) is 8.20. The molecule has 0 aliphatic heterocycles. The minimum absolute atomic E-state index is 0.0790. The fourth-order valence-corrected chi connectivity index (χ4v) is 4.25. The molecule has 1 amide bonds. The van der Waals surface area contributed by atoms with Gasteiger partial charge in [0.2, 0.25) is 5.91 Å². The van der Waals surface area contributed by atoms with Gasteiger partial charge in [0.25, 0.3) is 0 Å². The number of hydrogen-bond acceptors (Lipinski definition) is 3. The number of anilines is 1. The average molecular weight is 420 g/mol. The monoisotopic (exact) mass is 419 g/mol. The summed E-state index contributed by atoms with van der Waals surface area (Å²) in [4.78, 5) is 12.2. The third-order valence-corrected chi connectivity index (χ3v) is 5.92. The van der Waals surface area contributed by atoms with Gasteiger partial charge in [-0.2, -0.15) is 5.10 Å². The van der Waals surface area contributed by atoms with Crippen molar-refractivity contribution in [2.45, 2.75) is 19.8 Å². The highest BCUT2D eigenvalue weighted by Crippen LogP contribution is 2.35. The number of hydrogen-bond donors (Lipinski definition) is 2. The molecule has 0 fully saturated rings. The number of amides is 1. The van der Waals surface area contributed by atoms with Crippen molar-refractivity contribution in [3.05, 3.63) is 90.0 Å². The molecule has 5 rings (SSSR count). The lowest BCUT2D eigenvalue weighted by molar-refractivity contribution is -0.121. The normalized spacial score (nSPS) is 11.7. The lowest BCUT2D eigenvalue weighted by Gasteiger charge is -2.12. The Morgan fingerprint density at radius 3 is 2.31 bits per heavy atom. The molecule has 158 valence electrons. The summed E-state index contributed by atoms with van der Waals surface area (Å²) in [5.74, 6) is -0.0790. The Bertz CT molecular complexity index is 1400. The molecule has 5 aromatic carbocycles. The maximum Gasteiger partial charge on any atom is 0.240 e. The van der Waals surface area contributed by atoms with Gasteiger partial charge in [0.05, 0.1) is 6.21 Å². The molecule has 4 heteroatoms. The second-order valence-electron chi connectivity index (χ2n) is 8.20. The summed E-state index contributed by atoms with van der Waals surface area (Å²) in [6, 6.07) is 27.4. The summed E-state index contributed by atoms with van der Waals surface area (Å²) >= 11 is 0. The molecule has 32 heavy (non-hydrogen) atoms. The van der Waals surface area contributed by atoms with Crippen molar-refractivity contribution in [1.82, 2.24) is 5.43 Å². The van der Waals surface area contributed by atoms with Crippen molar-refractivity contribution in [2.24, 2.45) is 5.10 Å². The van der Waals surface area contributed by atoms with E-state index in [1.807, 2.05) is 0 Å². The first-order chi connectivity index (χ1) is 15.7. The molecule has 0 aromatic heterocycles. The molecule has 0 bridgehead atoms. The van der Waals surface area contributed by atoms with E-state index in [9.17, 15) is 4.79 Å². The lowest BCUT2D eigenvalue weighted by Crippen LogP contribution is -2.18. The predicted octanol–water partition coefficient (Wildman–Crippen LogP) is 6.23. The van der Waals surface area contributed by atoms with Gasteiger partial charge in [-0.05, 0) is 57.8 Å². The van der Waals surface area contributed by atoms with Gasteiger partial charge in [-0.25, -0.2) is 5.43 Å². The van der Waals surface area contributed by atoms with E-state index < -0.39 is 0 Å². The molecule has 0 heterocycles. The van der Waals surface area contributed by atoms with Crippen LogP contribution < -0.4 is 10.7 Å². The highest BCUT2D eigenvalue weighted by Gasteiger charge is 2.09. The summed E-state index contributed by atoms with van der Waals surface area (Å²) in [5, 5.41) is 14.9. The number of carbonyl (C=O) groups is 1. The second kappa shape index (κ2) is 8.67. The van der Waals surface area contributed by atoms with Crippen molar-refractivity contribution < 1.29 is 4.79 Å². The van der Waals surface area contributed by atoms with Crippen LogP contribution in [0.4, 0.5) is 5.69 Å². The van der Waals surface area contributed by atoms with E-state index in [1.54, 1.807) is 6.21 Å². The van der Waals surface area contributed by atoms with Crippen LogP contribution in [0.3, 0.4) is 0 Å². The van der Waals surface area contributed by atoms with E-state index in [4.69, 9.17) is 0 Å². The standard InChI is InChI=1S/C28H25N3O/c1-19-7-14-24(15-8-19)29-17-3-6-26(32)31-30-18-23-12-11-22-10-9-20-4-2-5-21-13-16-25(23)28(22)27(20)21/h2,4-5,7-16,18,29H,3,6,17H2,1H3,(H,31,32)/b30-18-. The van der Waals surface area contributed by atoms with Gasteiger partial charge >= 0.3 is 0 Å². The van der Waals surface area contributed by atoms with Crippen LogP contribution in [0, 0.1) is 6.92 Å². The van der Waals surface area contributed by atoms with Crippen LogP contribution in [0.2, 0.25) is 0 Å². The van der Waals surface area contributed by atoms with Crippen LogP contribution in [0.15, 0.2) is 84.0 Å². The van der Waals surface area contributed by atoms with Gasteiger partial charge in [-0.15, -0.1) is 0 Å². The fourth-order valence-electron chi connectivity index (χ4n) is 4.25. The van der Waals surface area contributed by atoms with Gasteiger partial charge < -0.3 is 5.32 Å². The lowest BCUT2D eigenvalue weighted by atomic mass is 9.92.